The van der Waals surface area contributed by atoms with Crippen LogP contribution < -0.4 is 5.32 Å². The van der Waals surface area contributed by atoms with E-state index in [1.54, 1.807) is 6.92 Å². The van der Waals surface area contributed by atoms with E-state index in [2.05, 4.69) is 17.1 Å². The number of ether oxygens (including phenoxy) is 1. The third-order valence-corrected chi connectivity index (χ3v) is 6.73. The van der Waals surface area contributed by atoms with Gasteiger partial charge in [-0.05, 0) is 19.3 Å². The Balaban J connectivity index is 1.75. The van der Waals surface area contributed by atoms with Crippen LogP contribution in [0.5, 0.6) is 0 Å². The molecule has 2 spiro atoms. The molecular weight excluding hydrogens is 318 g/mol. The largest absolute Gasteiger partial charge is 0.381 e. The molecule has 0 saturated carbocycles. The van der Waals surface area contributed by atoms with E-state index in [-0.39, 0.29) is 28.4 Å². The number of likely N-dealkylation sites (tertiary alicyclic amines) is 1. The minimum absolute atomic E-state index is 0.139. The summed E-state index contributed by atoms with van der Waals surface area (Å²) in [5.41, 5.74) is -0.712. The fourth-order valence-electron chi connectivity index (χ4n) is 4.79. The summed E-state index contributed by atoms with van der Waals surface area (Å²) in [7, 11) is 0. The summed E-state index contributed by atoms with van der Waals surface area (Å²) >= 11 is 0. The molecule has 2 amide bonds. The first-order chi connectivity index (χ1) is 11.8. The minimum Gasteiger partial charge on any atom is -0.381 e. The molecule has 3 heterocycles. The molecule has 3 saturated heterocycles. The lowest BCUT2D eigenvalue weighted by molar-refractivity contribution is -0.151. The molecule has 3 aliphatic rings. The molecule has 6 nitrogen and oxygen atoms in total. The summed E-state index contributed by atoms with van der Waals surface area (Å²) < 4.78 is 5.53. The van der Waals surface area contributed by atoms with Crippen LogP contribution in [0.4, 0.5) is 0 Å². The van der Waals surface area contributed by atoms with Crippen LogP contribution >= 0.6 is 0 Å². The average Bonchev–Trinajstić information content (AvgIpc) is 2.89. The molecule has 0 bridgehead atoms. The summed E-state index contributed by atoms with van der Waals surface area (Å²) in [6, 6.07) is 0. The predicted molar refractivity (Wildman–Crippen MR) is 95.9 cm³/mol. The first-order valence-corrected chi connectivity index (χ1v) is 9.69. The standard InChI is InChI=1S/C19H33N3O3/c1-5-17(3,4)16(24)21-10-6-18(7-11-21)14-20-19(22(18)15(2)23)8-12-25-13-9-19/h20H,5-14H2,1-4H3. The molecule has 0 aromatic carbocycles. The number of carbonyl (C=O) groups is 2. The molecule has 3 aliphatic heterocycles. The summed E-state index contributed by atoms with van der Waals surface area (Å²) in [4.78, 5) is 29.5. The second-order valence-electron chi connectivity index (χ2n) is 8.61. The molecule has 0 radical (unpaired) electrons. The van der Waals surface area contributed by atoms with Crippen molar-refractivity contribution in [3.8, 4) is 0 Å². The van der Waals surface area contributed by atoms with Crippen molar-refractivity contribution in [2.24, 2.45) is 5.41 Å². The van der Waals surface area contributed by atoms with Gasteiger partial charge < -0.3 is 14.5 Å². The van der Waals surface area contributed by atoms with Gasteiger partial charge in [0, 0.05) is 44.8 Å². The van der Waals surface area contributed by atoms with Gasteiger partial charge in [0.05, 0.1) is 24.4 Å². The maximum absolute atomic E-state index is 12.8. The maximum atomic E-state index is 12.8. The van der Waals surface area contributed by atoms with Gasteiger partial charge in [0.1, 0.15) is 0 Å². The average molecular weight is 351 g/mol. The van der Waals surface area contributed by atoms with Gasteiger partial charge in [0.15, 0.2) is 0 Å². The van der Waals surface area contributed by atoms with Crippen molar-refractivity contribution in [3.63, 3.8) is 0 Å². The Labute approximate surface area is 151 Å². The van der Waals surface area contributed by atoms with Crippen molar-refractivity contribution in [2.45, 2.75) is 71.0 Å². The molecule has 6 heteroatoms. The van der Waals surface area contributed by atoms with Gasteiger partial charge in [0.2, 0.25) is 11.8 Å². The van der Waals surface area contributed by atoms with E-state index in [1.165, 1.54) is 0 Å². The second kappa shape index (κ2) is 6.54. The second-order valence-corrected chi connectivity index (χ2v) is 8.61. The van der Waals surface area contributed by atoms with Crippen LogP contribution in [0.3, 0.4) is 0 Å². The number of hydrogen-bond acceptors (Lipinski definition) is 4. The first-order valence-electron chi connectivity index (χ1n) is 9.69. The highest BCUT2D eigenvalue weighted by atomic mass is 16.5. The molecule has 3 fully saturated rings. The number of rotatable bonds is 2. The third-order valence-electron chi connectivity index (χ3n) is 6.73. The Bertz CT molecular complexity index is 532. The SMILES string of the molecule is CCC(C)(C)C(=O)N1CCC2(CC1)CNC1(CCOCC1)N2C(C)=O. The van der Waals surface area contributed by atoms with E-state index >= 15 is 0 Å². The van der Waals surface area contributed by atoms with Crippen molar-refractivity contribution in [3.05, 3.63) is 0 Å². The van der Waals surface area contributed by atoms with Gasteiger partial charge in [-0.25, -0.2) is 0 Å². The Morgan fingerprint density at radius 1 is 1.12 bits per heavy atom. The normalized spacial score (nSPS) is 25.6. The maximum Gasteiger partial charge on any atom is 0.228 e. The smallest absolute Gasteiger partial charge is 0.228 e. The number of carbonyl (C=O) groups excluding carboxylic acids is 2. The molecule has 142 valence electrons. The lowest BCUT2D eigenvalue weighted by atomic mass is 9.82. The lowest BCUT2D eigenvalue weighted by Crippen LogP contribution is -2.63. The van der Waals surface area contributed by atoms with Crippen molar-refractivity contribution in [1.82, 2.24) is 15.1 Å². The topological polar surface area (TPSA) is 61.9 Å². The van der Waals surface area contributed by atoms with Crippen molar-refractivity contribution < 1.29 is 14.3 Å². The molecule has 0 aromatic rings. The Hall–Kier alpha value is -1.14. The fraction of sp³-hybridized carbons (Fsp3) is 0.895. The van der Waals surface area contributed by atoms with E-state index in [4.69, 9.17) is 4.74 Å². The zero-order valence-electron chi connectivity index (χ0n) is 16.2. The lowest BCUT2D eigenvalue weighted by Gasteiger charge is -2.50. The molecule has 0 aromatic heterocycles. The van der Waals surface area contributed by atoms with Gasteiger partial charge in [-0.3, -0.25) is 14.9 Å². The number of amides is 2. The molecule has 3 rings (SSSR count). The first kappa shape index (κ1) is 18.6. The van der Waals surface area contributed by atoms with Crippen molar-refractivity contribution >= 4 is 11.8 Å². The number of hydrogen-bond donors (Lipinski definition) is 1. The van der Waals surface area contributed by atoms with E-state index in [1.807, 2.05) is 18.7 Å². The van der Waals surface area contributed by atoms with Gasteiger partial charge in [-0.15, -0.1) is 0 Å². The van der Waals surface area contributed by atoms with Crippen LogP contribution in [0.2, 0.25) is 0 Å². The van der Waals surface area contributed by atoms with Crippen LogP contribution in [-0.4, -0.2) is 65.7 Å². The van der Waals surface area contributed by atoms with E-state index in [0.29, 0.717) is 13.2 Å². The van der Waals surface area contributed by atoms with E-state index in [9.17, 15) is 9.59 Å². The zero-order chi connectivity index (χ0) is 18.3. The molecule has 0 atom stereocenters. The monoisotopic (exact) mass is 351 g/mol. The van der Waals surface area contributed by atoms with E-state index in [0.717, 1.165) is 51.7 Å². The Morgan fingerprint density at radius 3 is 2.24 bits per heavy atom. The number of piperidine rings is 1. The quantitative estimate of drug-likeness (QED) is 0.823. The summed E-state index contributed by atoms with van der Waals surface area (Å²) in [5.74, 6) is 0.381. The van der Waals surface area contributed by atoms with Crippen LogP contribution in [0.15, 0.2) is 0 Å². The van der Waals surface area contributed by atoms with Crippen LogP contribution in [-0.2, 0) is 14.3 Å². The predicted octanol–water partition coefficient (Wildman–Crippen LogP) is 1.74. The molecule has 0 unspecified atom stereocenters. The van der Waals surface area contributed by atoms with Crippen molar-refractivity contribution in [2.75, 3.05) is 32.8 Å². The van der Waals surface area contributed by atoms with Crippen LogP contribution in [0.1, 0.15) is 59.8 Å². The van der Waals surface area contributed by atoms with Crippen LogP contribution in [0, 0.1) is 5.41 Å². The zero-order valence-corrected chi connectivity index (χ0v) is 16.2. The highest BCUT2D eigenvalue weighted by Gasteiger charge is 2.57. The highest BCUT2D eigenvalue weighted by Crippen LogP contribution is 2.43. The Morgan fingerprint density at radius 2 is 1.72 bits per heavy atom. The molecule has 0 aliphatic carbocycles. The minimum atomic E-state index is -0.305. The third kappa shape index (κ3) is 3.08. The number of nitrogens with one attached hydrogen (secondary N) is 1. The summed E-state index contributed by atoms with van der Waals surface area (Å²) in [5, 5.41) is 3.67. The van der Waals surface area contributed by atoms with Crippen molar-refractivity contribution in [1.29, 1.82) is 0 Å². The Kier molecular flexibility index (Phi) is 4.88. The fourth-order valence-corrected chi connectivity index (χ4v) is 4.79. The summed E-state index contributed by atoms with van der Waals surface area (Å²) in [6.45, 7) is 11.5. The number of nitrogens with zero attached hydrogens (tertiary/aromatic N) is 2. The molecule has 25 heavy (non-hydrogen) atoms. The van der Waals surface area contributed by atoms with Gasteiger partial charge >= 0.3 is 0 Å². The van der Waals surface area contributed by atoms with Gasteiger partial charge in [-0.2, -0.15) is 0 Å². The molecular formula is C19H33N3O3. The van der Waals surface area contributed by atoms with Gasteiger partial charge in [-0.1, -0.05) is 20.8 Å². The van der Waals surface area contributed by atoms with Gasteiger partial charge in [0.25, 0.3) is 0 Å². The highest BCUT2D eigenvalue weighted by molar-refractivity contribution is 5.82. The van der Waals surface area contributed by atoms with E-state index < -0.39 is 0 Å². The van der Waals surface area contributed by atoms with Crippen LogP contribution in [0.25, 0.3) is 0 Å². The summed E-state index contributed by atoms with van der Waals surface area (Å²) in [6.07, 6.45) is 4.25. The molecule has 1 N–H and O–H groups in total.